The van der Waals surface area contributed by atoms with Crippen LogP contribution in [0.5, 0.6) is 5.75 Å². The van der Waals surface area contributed by atoms with Crippen molar-refractivity contribution in [2.45, 2.75) is 36.7 Å². The first kappa shape index (κ1) is 28.5. The second-order valence-electron chi connectivity index (χ2n) is 8.37. The molecule has 0 aliphatic carbocycles. The summed E-state index contributed by atoms with van der Waals surface area (Å²) in [7, 11) is -2.57. The number of nitrogens with one attached hydrogen (secondary N) is 1. The molecule has 37 heavy (non-hydrogen) atoms. The lowest BCUT2D eigenvalue weighted by molar-refractivity contribution is -0.154. The fraction of sp³-hybridized carbons (Fsp3) is 0.458. The van der Waals surface area contributed by atoms with Crippen LogP contribution in [0.25, 0.3) is 10.8 Å². The zero-order valence-corrected chi connectivity index (χ0v) is 22.5. The van der Waals surface area contributed by atoms with E-state index in [0.717, 1.165) is 5.39 Å². The van der Waals surface area contributed by atoms with Crippen LogP contribution in [0.2, 0.25) is 0 Å². The molecule has 1 aliphatic rings. The number of ether oxygens (including phenoxy) is 2. The van der Waals surface area contributed by atoms with Crippen molar-refractivity contribution in [1.82, 2.24) is 9.62 Å². The van der Waals surface area contributed by atoms with Gasteiger partial charge in [0, 0.05) is 24.6 Å². The highest BCUT2D eigenvalue weighted by Gasteiger charge is 2.38. The molecule has 2 aromatic rings. The molecule has 13 heteroatoms. The first-order valence-electron chi connectivity index (χ1n) is 11.9. The van der Waals surface area contributed by atoms with E-state index in [4.69, 9.17) is 20.9 Å². The Morgan fingerprint density at radius 2 is 1.97 bits per heavy atom. The molecule has 0 radical (unpaired) electrons. The molecule has 2 atom stereocenters. The molecule has 0 spiro atoms. The van der Waals surface area contributed by atoms with Gasteiger partial charge in [0.15, 0.2) is 5.96 Å². The number of benzene rings is 2. The van der Waals surface area contributed by atoms with Crippen molar-refractivity contribution >= 4 is 50.4 Å². The lowest BCUT2D eigenvalue weighted by Crippen LogP contribution is -2.57. The Kier molecular flexibility index (Phi) is 10.0. The van der Waals surface area contributed by atoms with E-state index in [2.05, 4.69) is 9.71 Å². The minimum Gasteiger partial charge on any atom is -0.497 e. The van der Waals surface area contributed by atoms with Gasteiger partial charge < -0.3 is 25.8 Å². The van der Waals surface area contributed by atoms with Gasteiger partial charge in [0.05, 0.1) is 18.6 Å². The van der Waals surface area contributed by atoms with Gasteiger partial charge >= 0.3 is 5.97 Å². The predicted molar refractivity (Wildman–Crippen MR) is 144 cm³/mol. The third kappa shape index (κ3) is 7.49. The van der Waals surface area contributed by atoms with Crippen molar-refractivity contribution in [2.24, 2.45) is 16.5 Å². The minimum absolute atomic E-state index is 0.00594. The lowest BCUT2D eigenvalue weighted by Gasteiger charge is -2.36. The molecule has 0 aromatic heterocycles. The third-order valence-corrected chi connectivity index (χ3v) is 8.33. The molecule has 3 rings (SSSR count). The number of amides is 1. The van der Waals surface area contributed by atoms with Gasteiger partial charge in [0.25, 0.3) is 0 Å². The Labute approximate surface area is 221 Å². The number of thioether (sulfide) groups is 1. The lowest BCUT2D eigenvalue weighted by atomic mass is 10.1. The Bertz CT molecular complexity index is 1250. The molecule has 0 bridgehead atoms. The van der Waals surface area contributed by atoms with Gasteiger partial charge in [-0.25, -0.2) is 13.2 Å². The number of nitrogens with two attached hydrogens (primary N) is 2. The second kappa shape index (κ2) is 13.0. The summed E-state index contributed by atoms with van der Waals surface area (Å²) in [5.41, 5.74) is 10.8. The molecule has 202 valence electrons. The van der Waals surface area contributed by atoms with Crippen LogP contribution < -0.4 is 20.9 Å². The summed E-state index contributed by atoms with van der Waals surface area (Å²) in [6.45, 7) is 2.40. The van der Waals surface area contributed by atoms with E-state index in [1.807, 2.05) is 6.07 Å². The van der Waals surface area contributed by atoms with Gasteiger partial charge in [-0.05, 0) is 54.8 Å². The number of rotatable bonds is 11. The third-order valence-electron chi connectivity index (χ3n) is 5.84. The first-order chi connectivity index (χ1) is 17.7. The number of methoxy groups -OCH3 is 1. The molecule has 1 unspecified atom stereocenters. The van der Waals surface area contributed by atoms with Crippen LogP contribution in [-0.4, -0.2) is 81.5 Å². The summed E-state index contributed by atoms with van der Waals surface area (Å²) < 4.78 is 39.8. The number of nitrogens with zero attached hydrogens (tertiary/aromatic N) is 2. The van der Waals surface area contributed by atoms with Gasteiger partial charge in [-0.2, -0.15) is 16.5 Å². The van der Waals surface area contributed by atoms with Crippen molar-refractivity contribution in [3.05, 3.63) is 36.4 Å². The Morgan fingerprint density at radius 3 is 2.68 bits per heavy atom. The smallest absolute Gasteiger partial charge is 0.329 e. The number of hydrogen-bond donors (Lipinski definition) is 3. The number of sulfonamides is 1. The average molecular weight is 552 g/mol. The predicted octanol–water partition coefficient (Wildman–Crippen LogP) is 1.06. The number of hydrogen-bond acceptors (Lipinski definition) is 8. The van der Waals surface area contributed by atoms with Crippen LogP contribution in [-0.2, 0) is 24.3 Å². The first-order valence-corrected chi connectivity index (χ1v) is 14.5. The number of fused-ring (bicyclic) bond motifs is 1. The molecule has 1 fully saturated rings. The summed E-state index contributed by atoms with van der Waals surface area (Å²) >= 11 is 1.54. The molecular weight excluding hydrogens is 518 g/mol. The van der Waals surface area contributed by atoms with Crippen molar-refractivity contribution in [2.75, 3.05) is 38.3 Å². The SMILES string of the molecule is CCOC(=O)C1CSCCN1C(=O)[C@H](CCCN=C(N)N)NS(=O)(=O)c1ccc2ccc(OC)cc2c1. The molecule has 1 aliphatic heterocycles. The van der Waals surface area contributed by atoms with Crippen LogP contribution in [0.1, 0.15) is 19.8 Å². The van der Waals surface area contributed by atoms with E-state index in [1.54, 1.807) is 25.1 Å². The van der Waals surface area contributed by atoms with Crippen molar-refractivity contribution in [3.63, 3.8) is 0 Å². The highest BCUT2D eigenvalue weighted by atomic mass is 32.2. The maximum atomic E-state index is 13.6. The molecule has 2 aromatic carbocycles. The molecule has 0 saturated carbocycles. The van der Waals surface area contributed by atoms with Gasteiger partial charge in [-0.3, -0.25) is 9.79 Å². The van der Waals surface area contributed by atoms with Gasteiger partial charge in [-0.15, -0.1) is 0 Å². The van der Waals surface area contributed by atoms with Gasteiger partial charge in [0.1, 0.15) is 17.8 Å². The van der Waals surface area contributed by atoms with Crippen LogP contribution in [0.3, 0.4) is 0 Å². The quantitative estimate of drug-likeness (QED) is 0.160. The molecule has 1 heterocycles. The summed E-state index contributed by atoms with van der Waals surface area (Å²) in [6.07, 6.45) is 0.480. The van der Waals surface area contributed by atoms with Gasteiger partial charge in [-0.1, -0.05) is 12.1 Å². The van der Waals surface area contributed by atoms with Crippen LogP contribution in [0.4, 0.5) is 0 Å². The average Bonchev–Trinajstić information content (AvgIpc) is 2.89. The summed E-state index contributed by atoms with van der Waals surface area (Å²) in [5, 5.41) is 1.51. The minimum atomic E-state index is -4.10. The number of esters is 1. The Balaban J connectivity index is 1.89. The van der Waals surface area contributed by atoms with E-state index in [1.165, 1.54) is 35.9 Å². The Morgan fingerprint density at radius 1 is 1.22 bits per heavy atom. The summed E-state index contributed by atoms with van der Waals surface area (Å²) in [4.78, 5) is 31.5. The van der Waals surface area contributed by atoms with Crippen LogP contribution in [0.15, 0.2) is 46.3 Å². The molecule has 1 saturated heterocycles. The van der Waals surface area contributed by atoms with Crippen LogP contribution >= 0.6 is 11.8 Å². The van der Waals surface area contributed by atoms with Crippen molar-refractivity contribution in [3.8, 4) is 5.75 Å². The number of aliphatic imine (C=N–C) groups is 1. The number of carbonyl (C=O) groups excluding carboxylic acids is 2. The van der Waals surface area contributed by atoms with E-state index in [9.17, 15) is 18.0 Å². The number of carbonyl (C=O) groups is 2. The highest BCUT2D eigenvalue weighted by molar-refractivity contribution is 7.99. The molecular formula is C24H33N5O6S2. The monoisotopic (exact) mass is 551 g/mol. The maximum absolute atomic E-state index is 13.6. The Hall–Kier alpha value is -3.03. The summed E-state index contributed by atoms with van der Waals surface area (Å²) in [6, 6.07) is 8.15. The van der Waals surface area contributed by atoms with Crippen molar-refractivity contribution < 1.29 is 27.5 Å². The van der Waals surface area contributed by atoms with E-state index in [-0.39, 0.29) is 30.4 Å². The maximum Gasteiger partial charge on any atom is 0.329 e. The number of guanidine groups is 1. The second-order valence-corrected chi connectivity index (χ2v) is 11.2. The fourth-order valence-electron chi connectivity index (χ4n) is 3.99. The standard InChI is InChI=1S/C24H33N5O6S2/c1-3-35-23(31)21-15-36-12-11-29(21)22(30)20(5-4-10-27-24(25)26)28-37(32,33)19-9-7-16-6-8-18(34-2)13-17(16)14-19/h6-9,13-14,20-21,28H,3-5,10-12,15H2,1-2H3,(H4,25,26,27)/t20-,21?/m0/s1. The molecule has 5 N–H and O–H groups in total. The fourth-order valence-corrected chi connectivity index (χ4v) is 6.28. The van der Waals surface area contributed by atoms with E-state index in [0.29, 0.717) is 35.6 Å². The largest absolute Gasteiger partial charge is 0.497 e. The van der Waals surface area contributed by atoms with E-state index < -0.39 is 34.0 Å². The summed E-state index contributed by atoms with van der Waals surface area (Å²) in [5.74, 6) is 0.510. The normalized spacial score (nSPS) is 16.7. The molecule has 1 amide bonds. The highest BCUT2D eigenvalue weighted by Crippen LogP contribution is 2.25. The zero-order chi connectivity index (χ0) is 27.0. The van der Waals surface area contributed by atoms with Crippen molar-refractivity contribution in [1.29, 1.82) is 0 Å². The molecule has 11 nitrogen and oxygen atoms in total. The zero-order valence-electron chi connectivity index (χ0n) is 20.9. The van der Waals surface area contributed by atoms with Gasteiger partial charge in [0.2, 0.25) is 15.9 Å². The van der Waals surface area contributed by atoms with Crippen LogP contribution in [0, 0.1) is 0 Å². The van der Waals surface area contributed by atoms with E-state index >= 15 is 0 Å². The topological polar surface area (TPSA) is 166 Å².